The molecule has 0 amide bonds. The van der Waals surface area contributed by atoms with Crippen molar-refractivity contribution < 1.29 is 18.4 Å². The Kier molecular flexibility index (Phi) is 11.2. The summed E-state index contributed by atoms with van der Waals surface area (Å²) in [6.07, 6.45) is 6.49. The minimum atomic E-state index is -2.84. The molecule has 0 aliphatic carbocycles. The number of nitrogens with zero attached hydrogens (tertiary/aromatic N) is 1. The van der Waals surface area contributed by atoms with Crippen LogP contribution in [0.4, 0.5) is 10.1 Å². The van der Waals surface area contributed by atoms with Gasteiger partial charge in [-0.1, -0.05) is 30.2 Å². The third-order valence-corrected chi connectivity index (χ3v) is 5.07. The number of unbranched alkanes of at least 4 members (excludes halogenated alkanes) is 2. The lowest BCUT2D eigenvalue weighted by Crippen LogP contribution is -2.17. The van der Waals surface area contributed by atoms with Crippen LogP contribution in [0.2, 0.25) is 5.02 Å². The third kappa shape index (κ3) is 10.2. The number of nitrogens with one attached hydrogen (secondary N) is 2. The van der Waals surface area contributed by atoms with Crippen molar-refractivity contribution in [2.24, 2.45) is 0 Å². The number of aryl methyl sites for hydroxylation is 1. The Bertz CT molecular complexity index is 765. The summed E-state index contributed by atoms with van der Waals surface area (Å²) in [6, 6.07) is 8.50. The van der Waals surface area contributed by atoms with Crippen LogP contribution in [0, 0.1) is 5.82 Å². The van der Waals surface area contributed by atoms with Crippen LogP contribution in [0.25, 0.3) is 0 Å². The van der Waals surface area contributed by atoms with Gasteiger partial charge in [-0.15, -0.1) is 0 Å². The summed E-state index contributed by atoms with van der Waals surface area (Å²) in [5.74, 6) is -0.197. The largest absolute Gasteiger partial charge is 0.383 e. The first-order valence-electron chi connectivity index (χ1n) is 9.74. The maximum Gasteiger partial charge on any atom is 0.316 e. The lowest BCUT2D eigenvalue weighted by molar-refractivity contribution is 0.276. The number of benzene rings is 1. The van der Waals surface area contributed by atoms with Gasteiger partial charge in [0.1, 0.15) is 5.82 Å². The minimum Gasteiger partial charge on any atom is -0.383 e. The van der Waals surface area contributed by atoms with Crippen LogP contribution < -0.4 is 10.6 Å². The fourth-order valence-electron chi connectivity index (χ4n) is 2.78. The SMILES string of the molecule is O=[PH](O)OCCCNCc1cc(Cl)c(NCCCCCc2ccc(F)cc2)cn1. The summed E-state index contributed by atoms with van der Waals surface area (Å²) in [7, 11) is -2.84. The van der Waals surface area contributed by atoms with Crippen molar-refractivity contribution in [2.45, 2.75) is 38.6 Å². The molecule has 1 aromatic carbocycles. The van der Waals surface area contributed by atoms with Gasteiger partial charge in [-0.05, 0) is 56.0 Å². The van der Waals surface area contributed by atoms with Crippen LogP contribution in [0.1, 0.15) is 36.9 Å². The lowest BCUT2D eigenvalue weighted by Gasteiger charge is -2.10. The van der Waals surface area contributed by atoms with E-state index >= 15 is 0 Å². The maximum atomic E-state index is 12.9. The minimum absolute atomic E-state index is 0.197. The highest BCUT2D eigenvalue weighted by molar-refractivity contribution is 7.32. The smallest absolute Gasteiger partial charge is 0.316 e. The van der Waals surface area contributed by atoms with Gasteiger partial charge in [0.05, 0.1) is 29.2 Å². The maximum absolute atomic E-state index is 12.9. The van der Waals surface area contributed by atoms with Crippen molar-refractivity contribution >= 4 is 25.5 Å². The summed E-state index contributed by atoms with van der Waals surface area (Å²) in [5.41, 5.74) is 2.81. The molecule has 0 fully saturated rings. The first-order valence-corrected chi connectivity index (χ1v) is 11.4. The molecule has 6 nitrogen and oxygen atoms in total. The second kappa shape index (κ2) is 13.7. The first kappa shape index (κ1) is 23.8. The van der Waals surface area contributed by atoms with E-state index in [4.69, 9.17) is 16.5 Å². The van der Waals surface area contributed by atoms with Crippen LogP contribution in [-0.4, -0.2) is 29.6 Å². The van der Waals surface area contributed by atoms with Crippen molar-refractivity contribution in [3.63, 3.8) is 0 Å². The zero-order valence-corrected chi connectivity index (χ0v) is 18.1. The average Bonchev–Trinajstić information content (AvgIpc) is 2.69. The molecule has 9 heteroatoms. The topological polar surface area (TPSA) is 83.5 Å². The van der Waals surface area contributed by atoms with Crippen molar-refractivity contribution in [3.8, 4) is 0 Å². The summed E-state index contributed by atoms with van der Waals surface area (Å²) in [4.78, 5) is 13.0. The van der Waals surface area contributed by atoms with Crippen LogP contribution in [0.15, 0.2) is 36.5 Å². The number of anilines is 1. The summed E-state index contributed by atoms with van der Waals surface area (Å²) >= 11 is 6.32. The fraction of sp³-hybridized carbons (Fsp3) is 0.450. The van der Waals surface area contributed by atoms with Crippen molar-refractivity contribution in [3.05, 3.63) is 58.6 Å². The number of pyridine rings is 1. The van der Waals surface area contributed by atoms with Crippen molar-refractivity contribution in [1.82, 2.24) is 10.3 Å². The number of rotatable bonds is 14. The van der Waals surface area contributed by atoms with E-state index in [-0.39, 0.29) is 12.4 Å². The van der Waals surface area contributed by atoms with Gasteiger partial charge in [0.15, 0.2) is 0 Å². The standard InChI is InChI=1S/C20H28ClFN3O3P/c21-19-13-18(14-23-10-4-12-28-29(26)27)25-15-20(19)24-11-3-1-2-5-16-6-8-17(22)9-7-16/h6-9,13,15,23-24,29H,1-5,10-12,14H2,(H,26,27). The Morgan fingerprint density at radius 1 is 1.14 bits per heavy atom. The Hall–Kier alpha value is -1.50. The molecule has 0 saturated heterocycles. The van der Waals surface area contributed by atoms with E-state index in [0.717, 1.165) is 49.2 Å². The van der Waals surface area contributed by atoms with Gasteiger partial charge in [0.2, 0.25) is 0 Å². The number of aromatic nitrogens is 1. The molecule has 0 radical (unpaired) electrons. The van der Waals surface area contributed by atoms with E-state index in [1.807, 2.05) is 18.2 Å². The highest BCUT2D eigenvalue weighted by atomic mass is 35.5. The molecule has 0 saturated carbocycles. The zero-order chi connectivity index (χ0) is 20.9. The molecule has 1 atom stereocenters. The number of hydrogen-bond acceptors (Lipinski definition) is 5. The Labute approximate surface area is 176 Å². The zero-order valence-electron chi connectivity index (χ0n) is 16.3. The molecule has 0 bridgehead atoms. The first-order chi connectivity index (χ1) is 14.0. The van der Waals surface area contributed by atoms with Crippen molar-refractivity contribution in [2.75, 3.05) is 25.0 Å². The van der Waals surface area contributed by atoms with Crippen LogP contribution in [-0.2, 0) is 22.1 Å². The number of hydrogen-bond donors (Lipinski definition) is 3. The van der Waals surface area contributed by atoms with Gasteiger partial charge >= 0.3 is 8.25 Å². The normalized spacial score (nSPS) is 12.1. The lowest BCUT2D eigenvalue weighted by atomic mass is 10.1. The second-order valence-corrected chi connectivity index (χ2v) is 7.89. The quantitative estimate of drug-likeness (QED) is 0.293. The van der Waals surface area contributed by atoms with Gasteiger partial charge in [-0.3, -0.25) is 9.55 Å². The van der Waals surface area contributed by atoms with Gasteiger partial charge in [0.25, 0.3) is 0 Å². The monoisotopic (exact) mass is 443 g/mol. The van der Waals surface area contributed by atoms with Crippen LogP contribution in [0.5, 0.6) is 0 Å². The van der Waals surface area contributed by atoms with E-state index in [0.29, 0.717) is 24.5 Å². The van der Waals surface area contributed by atoms with E-state index in [1.54, 1.807) is 6.20 Å². The fourth-order valence-corrected chi connectivity index (χ4v) is 3.34. The molecule has 160 valence electrons. The summed E-state index contributed by atoms with van der Waals surface area (Å²) in [6.45, 7) is 2.29. The Balaban J connectivity index is 1.58. The molecule has 0 aliphatic heterocycles. The van der Waals surface area contributed by atoms with E-state index in [1.165, 1.54) is 12.1 Å². The van der Waals surface area contributed by atoms with Crippen molar-refractivity contribution in [1.29, 1.82) is 0 Å². The molecule has 29 heavy (non-hydrogen) atoms. The molecule has 1 aromatic heterocycles. The molecule has 1 heterocycles. The highest BCUT2D eigenvalue weighted by Gasteiger charge is 2.03. The number of halogens is 2. The van der Waals surface area contributed by atoms with Gasteiger partial charge in [-0.2, -0.15) is 0 Å². The molecule has 1 unspecified atom stereocenters. The van der Waals surface area contributed by atoms with E-state index < -0.39 is 8.25 Å². The van der Waals surface area contributed by atoms with E-state index in [9.17, 15) is 8.96 Å². The molecule has 3 N–H and O–H groups in total. The van der Waals surface area contributed by atoms with Crippen LogP contribution in [0.3, 0.4) is 0 Å². The Morgan fingerprint density at radius 2 is 1.93 bits per heavy atom. The predicted molar refractivity (Wildman–Crippen MR) is 115 cm³/mol. The molecule has 0 aliphatic rings. The van der Waals surface area contributed by atoms with Crippen LogP contribution >= 0.6 is 19.9 Å². The van der Waals surface area contributed by atoms with Gasteiger partial charge in [-0.25, -0.2) is 4.39 Å². The molecule has 2 aromatic rings. The molecule has 2 rings (SSSR count). The third-order valence-electron chi connectivity index (χ3n) is 4.31. The Morgan fingerprint density at radius 3 is 2.66 bits per heavy atom. The molecular formula is C20H28ClFN3O3P. The second-order valence-electron chi connectivity index (χ2n) is 6.66. The molecular weight excluding hydrogens is 416 g/mol. The predicted octanol–water partition coefficient (Wildman–Crippen LogP) is 4.58. The molecule has 0 spiro atoms. The van der Waals surface area contributed by atoms with E-state index in [2.05, 4.69) is 20.1 Å². The summed E-state index contributed by atoms with van der Waals surface area (Å²) < 4.78 is 27.9. The van der Waals surface area contributed by atoms with Gasteiger partial charge in [0, 0.05) is 13.1 Å². The average molecular weight is 444 g/mol. The van der Waals surface area contributed by atoms with Gasteiger partial charge < -0.3 is 20.1 Å². The highest BCUT2D eigenvalue weighted by Crippen LogP contribution is 2.21. The summed E-state index contributed by atoms with van der Waals surface area (Å²) in [5, 5.41) is 7.13.